The van der Waals surface area contributed by atoms with Gasteiger partial charge in [-0.05, 0) is 62.8 Å². The van der Waals surface area contributed by atoms with Crippen LogP contribution in [0.5, 0.6) is 0 Å². The maximum absolute atomic E-state index is 8.84. The lowest BCUT2D eigenvalue weighted by Crippen LogP contribution is -2.20. The summed E-state index contributed by atoms with van der Waals surface area (Å²) in [4.78, 5) is 2.49. The number of aliphatic hydroxyl groups excluding tert-OH is 1. The van der Waals surface area contributed by atoms with Crippen molar-refractivity contribution < 1.29 is 5.11 Å². The topological polar surface area (TPSA) is 35.5 Å². The molecule has 1 aliphatic rings. The molecule has 19 heavy (non-hydrogen) atoms. The lowest BCUT2D eigenvalue weighted by atomic mass is 10.1. The van der Waals surface area contributed by atoms with Crippen LogP contribution in [-0.2, 0) is 0 Å². The van der Waals surface area contributed by atoms with Crippen molar-refractivity contribution in [2.75, 3.05) is 36.5 Å². The van der Waals surface area contributed by atoms with Crippen molar-refractivity contribution in [3.05, 3.63) is 23.3 Å². The molecular formula is C16H26N2O. The Morgan fingerprint density at radius 2 is 1.79 bits per heavy atom. The molecule has 106 valence electrons. The highest BCUT2D eigenvalue weighted by Gasteiger charge is 2.16. The van der Waals surface area contributed by atoms with Gasteiger partial charge in [0.1, 0.15) is 0 Å². The van der Waals surface area contributed by atoms with E-state index in [1.54, 1.807) is 0 Å². The molecule has 2 N–H and O–H groups in total. The number of hydrogen-bond donors (Lipinski definition) is 2. The first-order valence-corrected chi connectivity index (χ1v) is 7.43. The summed E-state index contributed by atoms with van der Waals surface area (Å²) in [5.41, 5.74) is 5.31. The molecule has 1 aromatic carbocycles. The van der Waals surface area contributed by atoms with Crippen LogP contribution in [0.3, 0.4) is 0 Å². The lowest BCUT2D eigenvalue weighted by Gasteiger charge is -2.23. The average molecular weight is 262 g/mol. The van der Waals surface area contributed by atoms with E-state index in [9.17, 15) is 0 Å². The minimum Gasteiger partial charge on any atom is -0.396 e. The quantitative estimate of drug-likeness (QED) is 0.773. The van der Waals surface area contributed by atoms with Crippen molar-refractivity contribution in [3.8, 4) is 0 Å². The molecule has 0 spiro atoms. The Morgan fingerprint density at radius 3 is 2.47 bits per heavy atom. The van der Waals surface area contributed by atoms with Gasteiger partial charge in [-0.1, -0.05) is 0 Å². The molecule has 3 heteroatoms. The number of unbranched alkanes of at least 4 members (excludes halogenated alkanes) is 1. The van der Waals surface area contributed by atoms with Gasteiger partial charge in [0, 0.05) is 26.2 Å². The Balaban J connectivity index is 2.11. The average Bonchev–Trinajstić information content (AvgIpc) is 2.92. The number of benzene rings is 1. The summed E-state index contributed by atoms with van der Waals surface area (Å²) >= 11 is 0. The molecule has 1 aromatic rings. The maximum atomic E-state index is 8.84. The molecule has 3 nitrogen and oxygen atoms in total. The molecule has 0 bridgehead atoms. The zero-order valence-electron chi connectivity index (χ0n) is 12.2. The third-order valence-corrected chi connectivity index (χ3v) is 3.96. The first-order chi connectivity index (χ1) is 9.22. The Kier molecular flexibility index (Phi) is 5.08. The molecule has 0 unspecified atom stereocenters. The Hall–Kier alpha value is -1.22. The summed E-state index contributed by atoms with van der Waals surface area (Å²) in [7, 11) is 0. The van der Waals surface area contributed by atoms with Crippen molar-refractivity contribution in [2.24, 2.45) is 0 Å². The summed E-state index contributed by atoms with van der Waals surface area (Å²) < 4.78 is 0. The van der Waals surface area contributed by atoms with Crippen molar-refractivity contribution in [3.63, 3.8) is 0 Å². The summed E-state index contributed by atoms with van der Waals surface area (Å²) in [6.07, 6.45) is 4.49. The normalized spacial score (nSPS) is 15.0. The van der Waals surface area contributed by atoms with E-state index in [1.165, 1.54) is 48.4 Å². The first-order valence-electron chi connectivity index (χ1n) is 7.43. The number of nitrogens with zero attached hydrogens (tertiary/aromatic N) is 1. The van der Waals surface area contributed by atoms with Crippen molar-refractivity contribution >= 4 is 11.4 Å². The number of hydrogen-bond acceptors (Lipinski definition) is 3. The van der Waals surface area contributed by atoms with E-state index in [2.05, 4.69) is 36.2 Å². The minimum atomic E-state index is 0.285. The van der Waals surface area contributed by atoms with Gasteiger partial charge in [0.25, 0.3) is 0 Å². The van der Waals surface area contributed by atoms with Crippen LogP contribution >= 0.6 is 0 Å². The second-order valence-corrected chi connectivity index (χ2v) is 5.51. The molecule has 0 atom stereocenters. The molecule has 0 radical (unpaired) electrons. The van der Waals surface area contributed by atoms with Crippen LogP contribution < -0.4 is 10.2 Å². The maximum Gasteiger partial charge on any atom is 0.0604 e. The smallest absolute Gasteiger partial charge is 0.0604 e. The molecule has 2 rings (SSSR count). The molecule has 0 aromatic heterocycles. The number of aryl methyl sites for hydroxylation is 2. The number of anilines is 2. The molecule has 1 fully saturated rings. The van der Waals surface area contributed by atoms with Crippen LogP contribution in [0.4, 0.5) is 11.4 Å². The highest BCUT2D eigenvalue weighted by molar-refractivity contribution is 5.72. The minimum absolute atomic E-state index is 0.285. The fourth-order valence-corrected chi connectivity index (χ4v) is 2.62. The van der Waals surface area contributed by atoms with Gasteiger partial charge in [0.05, 0.1) is 11.4 Å². The number of rotatable bonds is 6. The van der Waals surface area contributed by atoms with Crippen molar-refractivity contribution in [2.45, 2.75) is 39.5 Å². The third kappa shape index (κ3) is 3.63. The predicted molar refractivity (Wildman–Crippen MR) is 82.2 cm³/mol. The Bertz CT molecular complexity index is 411. The van der Waals surface area contributed by atoms with E-state index >= 15 is 0 Å². The van der Waals surface area contributed by atoms with E-state index in [-0.39, 0.29) is 6.61 Å². The van der Waals surface area contributed by atoms with Gasteiger partial charge >= 0.3 is 0 Å². The second-order valence-electron chi connectivity index (χ2n) is 5.51. The Morgan fingerprint density at radius 1 is 1.11 bits per heavy atom. The van der Waals surface area contributed by atoms with E-state index in [0.717, 1.165) is 19.4 Å². The molecule has 1 aliphatic heterocycles. The van der Waals surface area contributed by atoms with E-state index in [1.807, 2.05) is 0 Å². The molecule has 0 saturated carbocycles. The molecule has 0 aliphatic carbocycles. The zero-order valence-corrected chi connectivity index (χ0v) is 12.2. The molecule has 0 amide bonds. The van der Waals surface area contributed by atoms with Crippen molar-refractivity contribution in [1.29, 1.82) is 0 Å². The summed E-state index contributed by atoms with van der Waals surface area (Å²) in [5, 5.41) is 12.4. The van der Waals surface area contributed by atoms with Crippen LogP contribution in [0.1, 0.15) is 36.8 Å². The zero-order chi connectivity index (χ0) is 13.7. The lowest BCUT2D eigenvalue weighted by molar-refractivity contribution is 0.286. The fraction of sp³-hybridized carbons (Fsp3) is 0.625. The van der Waals surface area contributed by atoms with E-state index in [4.69, 9.17) is 5.11 Å². The number of aliphatic hydroxyl groups is 1. The highest BCUT2D eigenvalue weighted by atomic mass is 16.2. The van der Waals surface area contributed by atoms with E-state index in [0.29, 0.717) is 0 Å². The van der Waals surface area contributed by atoms with Gasteiger partial charge in [-0.2, -0.15) is 0 Å². The monoisotopic (exact) mass is 262 g/mol. The second kappa shape index (κ2) is 6.80. The first kappa shape index (κ1) is 14.2. The van der Waals surface area contributed by atoms with E-state index < -0.39 is 0 Å². The van der Waals surface area contributed by atoms with Gasteiger partial charge in [-0.3, -0.25) is 0 Å². The molecule has 1 saturated heterocycles. The van der Waals surface area contributed by atoms with Crippen LogP contribution in [0.15, 0.2) is 12.1 Å². The van der Waals surface area contributed by atoms with Crippen LogP contribution in [0.2, 0.25) is 0 Å². The fourth-order valence-electron chi connectivity index (χ4n) is 2.62. The Labute approximate surface area is 116 Å². The highest BCUT2D eigenvalue weighted by Crippen LogP contribution is 2.31. The number of nitrogens with one attached hydrogen (secondary N) is 1. The van der Waals surface area contributed by atoms with Crippen LogP contribution in [-0.4, -0.2) is 31.3 Å². The van der Waals surface area contributed by atoms with Gasteiger partial charge in [0.15, 0.2) is 0 Å². The SMILES string of the molecule is Cc1cc(NCCCCO)c(N2CCCC2)cc1C. The van der Waals surface area contributed by atoms with Crippen LogP contribution in [0.25, 0.3) is 0 Å². The molecular weight excluding hydrogens is 236 g/mol. The summed E-state index contributed by atoms with van der Waals surface area (Å²) in [5.74, 6) is 0. The van der Waals surface area contributed by atoms with Gasteiger partial charge in [-0.15, -0.1) is 0 Å². The predicted octanol–water partition coefficient (Wildman–Crippen LogP) is 3.09. The summed E-state index contributed by atoms with van der Waals surface area (Å²) in [6.45, 7) is 7.92. The standard InChI is InChI=1S/C16H26N2O/c1-13-11-15(17-7-3-6-10-19)16(12-14(13)2)18-8-4-5-9-18/h11-12,17,19H,3-10H2,1-2H3. The van der Waals surface area contributed by atoms with Crippen molar-refractivity contribution in [1.82, 2.24) is 0 Å². The largest absolute Gasteiger partial charge is 0.396 e. The van der Waals surface area contributed by atoms with Gasteiger partial charge < -0.3 is 15.3 Å². The summed E-state index contributed by atoms with van der Waals surface area (Å²) in [6, 6.07) is 4.58. The van der Waals surface area contributed by atoms with Gasteiger partial charge in [-0.25, -0.2) is 0 Å². The third-order valence-electron chi connectivity index (χ3n) is 3.96. The molecule has 1 heterocycles. The van der Waals surface area contributed by atoms with Crippen LogP contribution in [0, 0.1) is 13.8 Å². The van der Waals surface area contributed by atoms with Gasteiger partial charge in [0.2, 0.25) is 0 Å².